The molecule has 0 aliphatic rings. The van der Waals surface area contributed by atoms with Gasteiger partial charge in [0.25, 0.3) is 0 Å². The molecule has 0 aliphatic heterocycles. The molecule has 0 fully saturated rings. The zero-order chi connectivity index (χ0) is 59.9. The molecule has 0 radical (unpaired) electrons. The minimum absolute atomic E-state index is 0.0798. The molecule has 0 aromatic heterocycles. The fraction of sp³-hybridized carbons (Fsp3) is 0.753. The summed E-state index contributed by atoms with van der Waals surface area (Å²) < 4.78 is 17.0. The van der Waals surface area contributed by atoms with Gasteiger partial charge in [-0.3, -0.25) is 14.4 Å². The maximum Gasteiger partial charge on any atom is 0.306 e. The Morgan fingerprint density at radius 2 is 0.470 bits per heavy atom. The van der Waals surface area contributed by atoms with Gasteiger partial charge in [0.1, 0.15) is 13.2 Å². The van der Waals surface area contributed by atoms with E-state index in [1.54, 1.807) is 0 Å². The molecule has 1 atom stereocenters. The fourth-order valence-electron chi connectivity index (χ4n) is 10.2. The second kappa shape index (κ2) is 70.8. The smallest absolute Gasteiger partial charge is 0.306 e. The average molecular weight is 1160 g/mol. The lowest BCUT2D eigenvalue weighted by atomic mass is 10.0. The summed E-state index contributed by atoms with van der Waals surface area (Å²) in [4.78, 5) is 38.4. The third-order valence-corrected chi connectivity index (χ3v) is 15.6. The van der Waals surface area contributed by atoms with Crippen LogP contribution >= 0.6 is 0 Å². The number of ether oxygens (including phenoxy) is 3. The first kappa shape index (κ1) is 79.3. The second-order valence-corrected chi connectivity index (χ2v) is 23.8. The minimum atomic E-state index is -0.783. The first-order chi connectivity index (χ1) is 41.0. The molecular weight excluding hydrogens is 1020 g/mol. The Balaban J connectivity index is 4.25. The lowest BCUT2D eigenvalue weighted by molar-refractivity contribution is -0.167. The highest BCUT2D eigenvalue weighted by Gasteiger charge is 2.19. The number of hydrogen-bond donors (Lipinski definition) is 0. The van der Waals surface area contributed by atoms with Crippen molar-refractivity contribution in [3.63, 3.8) is 0 Å². The predicted molar refractivity (Wildman–Crippen MR) is 362 cm³/mol. The molecule has 83 heavy (non-hydrogen) atoms. The zero-order valence-corrected chi connectivity index (χ0v) is 54.9. The van der Waals surface area contributed by atoms with Crippen LogP contribution in [-0.4, -0.2) is 37.2 Å². The van der Waals surface area contributed by atoms with Gasteiger partial charge in [-0.25, -0.2) is 0 Å². The van der Waals surface area contributed by atoms with Gasteiger partial charge in [-0.1, -0.05) is 330 Å². The van der Waals surface area contributed by atoms with Crippen LogP contribution in [0, 0.1) is 0 Å². The summed E-state index contributed by atoms with van der Waals surface area (Å²) in [5.74, 6) is -0.876. The van der Waals surface area contributed by atoms with Crippen LogP contribution in [0.5, 0.6) is 0 Å². The van der Waals surface area contributed by atoms with Gasteiger partial charge in [-0.05, 0) is 103 Å². The second-order valence-electron chi connectivity index (χ2n) is 23.8. The Morgan fingerprint density at radius 3 is 0.771 bits per heavy atom. The molecule has 0 saturated carbocycles. The lowest BCUT2D eigenvalue weighted by Crippen LogP contribution is -2.30. The molecule has 0 bridgehead atoms. The quantitative estimate of drug-likeness (QED) is 0.0261. The zero-order valence-electron chi connectivity index (χ0n) is 54.9. The first-order valence-corrected chi connectivity index (χ1v) is 35.7. The van der Waals surface area contributed by atoms with Gasteiger partial charge in [-0.15, -0.1) is 0 Å². The Morgan fingerprint density at radius 1 is 0.253 bits per heavy atom. The van der Waals surface area contributed by atoms with Gasteiger partial charge in [0.2, 0.25) is 0 Å². The maximum atomic E-state index is 12.9. The van der Waals surface area contributed by atoms with Gasteiger partial charge < -0.3 is 14.2 Å². The number of carbonyl (C=O) groups is 3. The molecular formula is C77H134O6. The highest BCUT2D eigenvalue weighted by atomic mass is 16.6. The van der Waals surface area contributed by atoms with E-state index in [9.17, 15) is 14.4 Å². The molecule has 0 aromatic rings. The van der Waals surface area contributed by atoms with E-state index < -0.39 is 6.10 Å². The van der Waals surface area contributed by atoms with E-state index in [0.29, 0.717) is 19.3 Å². The summed E-state index contributed by atoms with van der Waals surface area (Å²) in [6.07, 6.45) is 95.8. The van der Waals surface area contributed by atoms with Gasteiger partial charge in [0, 0.05) is 19.3 Å². The standard InChI is InChI=1S/C77H134O6/c1-4-7-10-13-16-19-22-25-27-29-31-33-35-36-37-38-39-40-41-42-43-45-46-48-50-52-55-58-61-64-67-70-76(79)82-73-74(72-81-75(78)69-66-63-60-57-54-24-21-18-15-12-9-6-3)83-77(80)71-68-65-62-59-56-53-51-49-47-44-34-32-30-28-26-23-20-17-14-11-8-5-2/h7,10,16,18-19,21,25,27,31,33,36-37,39-40,42-43,74H,4-6,8-9,11-15,17,20,22-24,26,28-30,32,34-35,38,41,44-73H2,1-3H3/b10-7-,19-16-,21-18-,27-25-,33-31-,37-36-,40-39-,43-42-. The molecule has 0 N–H and O–H groups in total. The predicted octanol–water partition coefficient (Wildman–Crippen LogP) is 24.8. The number of carbonyl (C=O) groups excluding carboxylic acids is 3. The van der Waals surface area contributed by atoms with Crippen molar-refractivity contribution in [3.05, 3.63) is 97.2 Å². The molecule has 0 heterocycles. The number of esters is 3. The SMILES string of the molecule is CC/C=C\C/C=C\C/C=C\C/C=C\C/C=C\C/C=C\C/C=C\CCCCCCCCCCCC(=O)OCC(COC(=O)CCCCCCC/C=C\CCCCC)OC(=O)CCCCCCCCCCCCCCCCCCCCCCCC. The molecule has 6 heteroatoms. The lowest BCUT2D eigenvalue weighted by Gasteiger charge is -2.18. The van der Waals surface area contributed by atoms with E-state index in [1.165, 1.54) is 199 Å². The third-order valence-electron chi connectivity index (χ3n) is 15.6. The molecule has 0 aliphatic carbocycles. The number of allylic oxidation sites excluding steroid dienone is 16. The van der Waals surface area contributed by atoms with Crippen molar-refractivity contribution in [2.75, 3.05) is 13.2 Å². The summed E-state index contributed by atoms with van der Waals surface area (Å²) in [6, 6.07) is 0. The molecule has 478 valence electrons. The van der Waals surface area contributed by atoms with E-state index in [-0.39, 0.29) is 31.1 Å². The van der Waals surface area contributed by atoms with Gasteiger partial charge >= 0.3 is 17.9 Å². The normalized spacial score (nSPS) is 12.7. The van der Waals surface area contributed by atoms with Crippen molar-refractivity contribution in [2.45, 2.75) is 361 Å². The highest BCUT2D eigenvalue weighted by Crippen LogP contribution is 2.18. The van der Waals surface area contributed by atoms with E-state index in [4.69, 9.17) is 14.2 Å². The number of rotatable bonds is 65. The first-order valence-electron chi connectivity index (χ1n) is 35.7. The molecule has 0 amide bonds. The third kappa shape index (κ3) is 69.0. The Labute approximate surface area is 515 Å². The largest absolute Gasteiger partial charge is 0.462 e. The average Bonchev–Trinajstić information content (AvgIpc) is 3.49. The van der Waals surface area contributed by atoms with Crippen LogP contribution in [-0.2, 0) is 28.6 Å². The van der Waals surface area contributed by atoms with E-state index >= 15 is 0 Å². The molecule has 0 aromatic carbocycles. The summed E-state index contributed by atoms with van der Waals surface area (Å²) in [6.45, 7) is 6.54. The number of hydrogen-bond acceptors (Lipinski definition) is 6. The summed E-state index contributed by atoms with van der Waals surface area (Å²) in [7, 11) is 0. The van der Waals surface area contributed by atoms with Gasteiger partial charge in [0.15, 0.2) is 6.10 Å². The van der Waals surface area contributed by atoms with Crippen LogP contribution in [0.3, 0.4) is 0 Å². The molecule has 0 spiro atoms. The van der Waals surface area contributed by atoms with Crippen LogP contribution in [0.25, 0.3) is 0 Å². The number of unbranched alkanes of at least 4 members (excludes halogenated alkanes) is 38. The summed E-state index contributed by atoms with van der Waals surface area (Å²) >= 11 is 0. The highest BCUT2D eigenvalue weighted by molar-refractivity contribution is 5.71. The van der Waals surface area contributed by atoms with Crippen LogP contribution in [0.15, 0.2) is 97.2 Å². The van der Waals surface area contributed by atoms with Crippen molar-refractivity contribution in [1.29, 1.82) is 0 Å². The molecule has 0 saturated heterocycles. The fourth-order valence-corrected chi connectivity index (χ4v) is 10.2. The van der Waals surface area contributed by atoms with Crippen molar-refractivity contribution in [1.82, 2.24) is 0 Å². The van der Waals surface area contributed by atoms with Gasteiger partial charge in [0.05, 0.1) is 0 Å². The van der Waals surface area contributed by atoms with Crippen LogP contribution in [0.4, 0.5) is 0 Å². The molecule has 1 unspecified atom stereocenters. The Bertz CT molecular complexity index is 1610. The minimum Gasteiger partial charge on any atom is -0.462 e. The van der Waals surface area contributed by atoms with E-state index in [0.717, 1.165) is 116 Å². The van der Waals surface area contributed by atoms with Crippen LogP contribution in [0.2, 0.25) is 0 Å². The summed E-state index contributed by atoms with van der Waals surface area (Å²) in [5.41, 5.74) is 0. The van der Waals surface area contributed by atoms with Crippen LogP contribution < -0.4 is 0 Å². The summed E-state index contributed by atoms with van der Waals surface area (Å²) in [5, 5.41) is 0. The van der Waals surface area contributed by atoms with Crippen molar-refractivity contribution < 1.29 is 28.6 Å². The van der Waals surface area contributed by atoms with E-state index in [1.807, 2.05) is 0 Å². The monoisotopic (exact) mass is 1160 g/mol. The Kier molecular flexibility index (Phi) is 67.7. The van der Waals surface area contributed by atoms with Crippen LogP contribution in [0.1, 0.15) is 355 Å². The topological polar surface area (TPSA) is 78.9 Å². The van der Waals surface area contributed by atoms with Crippen molar-refractivity contribution in [3.8, 4) is 0 Å². The van der Waals surface area contributed by atoms with E-state index in [2.05, 4.69) is 118 Å². The van der Waals surface area contributed by atoms with Gasteiger partial charge in [-0.2, -0.15) is 0 Å². The van der Waals surface area contributed by atoms with Crippen molar-refractivity contribution in [2.24, 2.45) is 0 Å². The Hall–Kier alpha value is -3.67. The molecule has 6 nitrogen and oxygen atoms in total. The maximum absolute atomic E-state index is 12.9. The van der Waals surface area contributed by atoms with Crippen molar-refractivity contribution >= 4 is 17.9 Å². The molecule has 0 rings (SSSR count).